The van der Waals surface area contributed by atoms with Crippen molar-refractivity contribution in [3.8, 4) is 56.5 Å². The number of aromatic nitrogens is 2. The highest BCUT2D eigenvalue weighted by Crippen LogP contribution is 2.34. The summed E-state index contributed by atoms with van der Waals surface area (Å²) in [5.74, 6) is 2.43. The molecule has 1 N–H and O–H groups in total. The average Bonchev–Trinajstić information content (AvgIpc) is 3.41. The van der Waals surface area contributed by atoms with Gasteiger partial charge >= 0.3 is 0 Å². The maximum absolute atomic E-state index is 5.95. The minimum absolute atomic E-state index is 0.788. The van der Waals surface area contributed by atoms with E-state index >= 15 is 0 Å². The number of ether oxygens (including phenoxy) is 1. The lowest BCUT2D eigenvalue weighted by molar-refractivity contribution is 0.483. The van der Waals surface area contributed by atoms with Crippen LogP contribution in [-0.2, 0) is 0 Å². The van der Waals surface area contributed by atoms with Crippen molar-refractivity contribution in [2.24, 2.45) is 0 Å². The Hall–Kier alpha value is -4.89. The SMILES string of the molecule is c1ccc(Oc2ccc(-c3nc(-c4ccccc4)c(-c4ccc(-c5ccccc5)cc4)[nH]3)cc2)cc1. The van der Waals surface area contributed by atoms with E-state index in [2.05, 4.69) is 65.6 Å². The van der Waals surface area contributed by atoms with E-state index in [1.54, 1.807) is 0 Å². The maximum Gasteiger partial charge on any atom is 0.138 e. The molecule has 6 rings (SSSR count). The highest BCUT2D eigenvalue weighted by atomic mass is 16.5. The number of imidazole rings is 1. The summed E-state index contributed by atoms with van der Waals surface area (Å²) in [6.07, 6.45) is 0. The molecule has 0 saturated heterocycles. The van der Waals surface area contributed by atoms with Gasteiger partial charge in [0.15, 0.2) is 0 Å². The lowest BCUT2D eigenvalue weighted by Gasteiger charge is -2.06. The zero-order valence-corrected chi connectivity index (χ0v) is 19.6. The van der Waals surface area contributed by atoms with E-state index in [1.165, 1.54) is 11.1 Å². The van der Waals surface area contributed by atoms with Crippen LogP contribution in [0.2, 0.25) is 0 Å². The lowest BCUT2D eigenvalue weighted by Crippen LogP contribution is -1.85. The number of aromatic amines is 1. The summed E-state index contributed by atoms with van der Waals surface area (Å²) >= 11 is 0. The number of benzene rings is 5. The first-order chi connectivity index (χ1) is 17.8. The Balaban J connectivity index is 1.35. The van der Waals surface area contributed by atoms with Gasteiger partial charge in [0.05, 0.1) is 11.4 Å². The van der Waals surface area contributed by atoms with Crippen LogP contribution in [0.25, 0.3) is 45.0 Å². The van der Waals surface area contributed by atoms with Crippen LogP contribution in [-0.4, -0.2) is 9.97 Å². The predicted octanol–water partition coefficient (Wildman–Crippen LogP) is 8.87. The molecule has 5 aromatic carbocycles. The Morgan fingerprint density at radius 2 is 0.889 bits per heavy atom. The molecule has 36 heavy (non-hydrogen) atoms. The lowest BCUT2D eigenvalue weighted by atomic mass is 10.0. The first-order valence-electron chi connectivity index (χ1n) is 12.0. The van der Waals surface area contributed by atoms with Crippen molar-refractivity contribution >= 4 is 0 Å². The van der Waals surface area contributed by atoms with Gasteiger partial charge in [0, 0.05) is 16.7 Å². The van der Waals surface area contributed by atoms with E-state index in [0.29, 0.717) is 0 Å². The molecule has 172 valence electrons. The van der Waals surface area contributed by atoms with Gasteiger partial charge in [-0.05, 0) is 47.5 Å². The van der Waals surface area contributed by atoms with Gasteiger partial charge in [-0.3, -0.25) is 0 Å². The van der Waals surface area contributed by atoms with Crippen LogP contribution in [0.5, 0.6) is 11.5 Å². The molecule has 0 amide bonds. The number of H-pyrrole nitrogens is 1. The van der Waals surface area contributed by atoms with E-state index in [1.807, 2.05) is 78.9 Å². The van der Waals surface area contributed by atoms with Gasteiger partial charge in [0.1, 0.15) is 17.3 Å². The molecule has 0 spiro atoms. The molecule has 0 aliphatic rings. The van der Waals surface area contributed by atoms with Gasteiger partial charge in [-0.1, -0.05) is 103 Å². The van der Waals surface area contributed by atoms with Crippen molar-refractivity contribution in [3.63, 3.8) is 0 Å². The number of hydrogen-bond donors (Lipinski definition) is 1. The molecule has 3 nitrogen and oxygen atoms in total. The summed E-state index contributed by atoms with van der Waals surface area (Å²) in [6.45, 7) is 0. The van der Waals surface area contributed by atoms with Crippen molar-refractivity contribution in [1.29, 1.82) is 0 Å². The van der Waals surface area contributed by atoms with Crippen molar-refractivity contribution in [2.45, 2.75) is 0 Å². The molecule has 3 heteroatoms. The third-order valence-corrected chi connectivity index (χ3v) is 6.14. The number of nitrogens with one attached hydrogen (secondary N) is 1. The fourth-order valence-corrected chi connectivity index (χ4v) is 4.29. The maximum atomic E-state index is 5.95. The zero-order valence-electron chi connectivity index (χ0n) is 19.6. The molecule has 0 unspecified atom stereocenters. The molecule has 1 heterocycles. The topological polar surface area (TPSA) is 37.9 Å². The summed E-state index contributed by atoms with van der Waals surface area (Å²) in [7, 11) is 0. The number of hydrogen-bond acceptors (Lipinski definition) is 2. The number of rotatable bonds is 6. The second-order valence-electron chi connectivity index (χ2n) is 8.56. The molecule has 1 aromatic heterocycles. The van der Waals surface area contributed by atoms with Crippen molar-refractivity contribution < 1.29 is 4.74 Å². The van der Waals surface area contributed by atoms with Crippen molar-refractivity contribution in [1.82, 2.24) is 9.97 Å². The highest BCUT2D eigenvalue weighted by molar-refractivity contribution is 5.82. The first kappa shape index (κ1) is 21.6. The monoisotopic (exact) mass is 464 g/mol. The molecular weight excluding hydrogens is 440 g/mol. The molecule has 6 aromatic rings. The van der Waals surface area contributed by atoms with E-state index < -0.39 is 0 Å². The first-order valence-corrected chi connectivity index (χ1v) is 12.0. The predicted molar refractivity (Wildman–Crippen MR) is 147 cm³/mol. The Labute approximate surface area is 210 Å². The molecule has 0 aliphatic carbocycles. The van der Waals surface area contributed by atoms with Crippen LogP contribution in [0.15, 0.2) is 140 Å². The van der Waals surface area contributed by atoms with Crippen LogP contribution in [0.1, 0.15) is 0 Å². The summed E-state index contributed by atoms with van der Waals surface area (Å²) in [4.78, 5) is 8.61. The van der Waals surface area contributed by atoms with Crippen LogP contribution in [0.4, 0.5) is 0 Å². The Morgan fingerprint density at radius 1 is 0.417 bits per heavy atom. The minimum Gasteiger partial charge on any atom is -0.457 e. The second kappa shape index (κ2) is 9.77. The number of para-hydroxylation sites is 1. The summed E-state index contributed by atoms with van der Waals surface area (Å²) in [5, 5.41) is 0. The van der Waals surface area contributed by atoms with Crippen molar-refractivity contribution in [3.05, 3.63) is 140 Å². The zero-order chi connectivity index (χ0) is 24.2. The third-order valence-electron chi connectivity index (χ3n) is 6.14. The fourth-order valence-electron chi connectivity index (χ4n) is 4.29. The number of nitrogens with zero attached hydrogens (tertiary/aromatic N) is 1. The van der Waals surface area contributed by atoms with E-state index in [0.717, 1.165) is 45.4 Å². The molecule has 0 fully saturated rings. The van der Waals surface area contributed by atoms with Gasteiger partial charge < -0.3 is 9.72 Å². The van der Waals surface area contributed by atoms with Gasteiger partial charge in [-0.15, -0.1) is 0 Å². The van der Waals surface area contributed by atoms with Gasteiger partial charge in [0.2, 0.25) is 0 Å². The third kappa shape index (κ3) is 4.55. The molecule has 0 bridgehead atoms. The van der Waals surface area contributed by atoms with E-state index in [-0.39, 0.29) is 0 Å². The van der Waals surface area contributed by atoms with Gasteiger partial charge in [0.25, 0.3) is 0 Å². The molecule has 0 radical (unpaired) electrons. The normalized spacial score (nSPS) is 10.8. The van der Waals surface area contributed by atoms with Crippen molar-refractivity contribution in [2.75, 3.05) is 0 Å². The Kier molecular flexibility index (Phi) is 5.87. The molecular formula is C33H24N2O. The minimum atomic E-state index is 0.788. The second-order valence-corrected chi connectivity index (χ2v) is 8.56. The quantitative estimate of drug-likeness (QED) is 0.267. The van der Waals surface area contributed by atoms with Gasteiger partial charge in [-0.25, -0.2) is 4.98 Å². The fraction of sp³-hybridized carbons (Fsp3) is 0. The summed E-state index contributed by atoms with van der Waals surface area (Å²) < 4.78 is 5.95. The van der Waals surface area contributed by atoms with Crippen LogP contribution >= 0.6 is 0 Å². The Bertz CT molecular complexity index is 1560. The highest BCUT2D eigenvalue weighted by Gasteiger charge is 2.15. The summed E-state index contributed by atoms with van der Waals surface area (Å²) in [6, 6.07) is 47.2. The molecule has 0 atom stereocenters. The smallest absolute Gasteiger partial charge is 0.138 e. The standard InChI is InChI=1S/C33H24N2O/c1-4-10-24(11-5-1)25-16-18-27(19-17-25)32-31(26-12-6-2-7-13-26)34-33(35-32)28-20-22-30(23-21-28)36-29-14-8-3-9-15-29/h1-23H,(H,34,35). The molecule has 0 aliphatic heterocycles. The van der Waals surface area contributed by atoms with Gasteiger partial charge in [-0.2, -0.15) is 0 Å². The Morgan fingerprint density at radius 3 is 1.53 bits per heavy atom. The van der Waals surface area contributed by atoms with Crippen LogP contribution in [0, 0.1) is 0 Å². The van der Waals surface area contributed by atoms with E-state index in [4.69, 9.17) is 9.72 Å². The van der Waals surface area contributed by atoms with Crippen LogP contribution < -0.4 is 4.74 Å². The molecule has 0 saturated carbocycles. The van der Waals surface area contributed by atoms with E-state index in [9.17, 15) is 0 Å². The van der Waals surface area contributed by atoms with Crippen LogP contribution in [0.3, 0.4) is 0 Å². The summed E-state index contributed by atoms with van der Waals surface area (Å²) in [5.41, 5.74) is 7.50. The largest absolute Gasteiger partial charge is 0.457 e. The average molecular weight is 465 g/mol.